The van der Waals surface area contributed by atoms with E-state index < -0.39 is 0 Å². The summed E-state index contributed by atoms with van der Waals surface area (Å²) in [4.78, 5) is 4.34. The van der Waals surface area contributed by atoms with Crippen molar-refractivity contribution in [3.8, 4) is 0 Å². The van der Waals surface area contributed by atoms with E-state index in [4.69, 9.17) is 0 Å². The molecule has 0 saturated carbocycles. The van der Waals surface area contributed by atoms with E-state index in [9.17, 15) is 0 Å². The molecule has 0 fully saturated rings. The fourth-order valence-corrected chi connectivity index (χ4v) is 2.13. The molecule has 110 valence electrons. The van der Waals surface area contributed by atoms with Crippen LogP contribution in [0.25, 0.3) is 0 Å². The second-order valence-electron chi connectivity index (χ2n) is 5.47. The fourth-order valence-electron chi connectivity index (χ4n) is 2.13. The maximum atomic E-state index is 4.55. The molecule has 0 amide bonds. The molecule has 0 spiro atoms. The molecule has 0 aliphatic rings. The minimum absolute atomic E-state index is 0.555. The average molecular weight is 276 g/mol. The van der Waals surface area contributed by atoms with Gasteiger partial charge in [-0.25, -0.2) is 9.67 Å². The summed E-state index contributed by atoms with van der Waals surface area (Å²) in [7, 11) is 0. The number of aromatic nitrogens is 5. The zero-order valence-corrected chi connectivity index (χ0v) is 12.8. The molecule has 0 bridgehead atoms. The lowest BCUT2D eigenvalue weighted by molar-refractivity contribution is 0.456. The van der Waals surface area contributed by atoms with Crippen molar-refractivity contribution in [1.29, 1.82) is 0 Å². The third-order valence-corrected chi connectivity index (χ3v) is 3.15. The van der Waals surface area contributed by atoms with E-state index in [0.717, 1.165) is 31.2 Å². The molecule has 2 aromatic heterocycles. The highest BCUT2D eigenvalue weighted by Crippen LogP contribution is 2.08. The van der Waals surface area contributed by atoms with Crippen LogP contribution in [0.4, 0.5) is 0 Å². The SMILES string of the molecule is CCNCc1cn(Cc2ncnn2CC(C)C)nc1C. The maximum Gasteiger partial charge on any atom is 0.148 e. The predicted molar refractivity (Wildman–Crippen MR) is 78.3 cm³/mol. The van der Waals surface area contributed by atoms with Crippen molar-refractivity contribution in [2.45, 2.75) is 47.3 Å². The lowest BCUT2D eigenvalue weighted by atomic mass is 10.2. The lowest BCUT2D eigenvalue weighted by Gasteiger charge is -2.08. The Morgan fingerprint density at radius 2 is 2.15 bits per heavy atom. The molecule has 0 saturated heterocycles. The molecule has 0 aliphatic heterocycles. The molecule has 20 heavy (non-hydrogen) atoms. The molecule has 2 aromatic rings. The Balaban J connectivity index is 2.08. The Bertz CT molecular complexity index is 540. The first kappa shape index (κ1) is 14.7. The number of hydrogen-bond acceptors (Lipinski definition) is 4. The van der Waals surface area contributed by atoms with Crippen LogP contribution in [-0.4, -0.2) is 31.1 Å². The molecule has 6 heteroatoms. The van der Waals surface area contributed by atoms with Crippen LogP contribution >= 0.6 is 0 Å². The first-order valence-corrected chi connectivity index (χ1v) is 7.20. The highest BCUT2D eigenvalue weighted by molar-refractivity contribution is 5.15. The number of aryl methyl sites for hydroxylation is 1. The minimum Gasteiger partial charge on any atom is -0.313 e. The van der Waals surface area contributed by atoms with Gasteiger partial charge in [-0.2, -0.15) is 10.2 Å². The van der Waals surface area contributed by atoms with Crippen molar-refractivity contribution in [3.63, 3.8) is 0 Å². The molecule has 0 radical (unpaired) electrons. The van der Waals surface area contributed by atoms with Gasteiger partial charge in [0.05, 0.1) is 5.69 Å². The normalized spacial score (nSPS) is 11.4. The molecule has 2 heterocycles. The van der Waals surface area contributed by atoms with Crippen LogP contribution in [0.2, 0.25) is 0 Å². The van der Waals surface area contributed by atoms with E-state index >= 15 is 0 Å². The quantitative estimate of drug-likeness (QED) is 0.834. The molecular formula is C14H24N6. The van der Waals surface area contributed by atoms with Gasteiger partial charge in [-0.3, -0.25) is 4.68 Å². The van der Waals surface area contributed by atoms with Crippen molar-refractivity contribution in [1.82, 2.24) is 29.9 Å². The van der Waals surface area contributed by atoms with Crippen LogP contribution in [0, 0.1) is 12.8 Å². The van der Waals surface area contributed by atoms with Gasteiger partial charge in [0, 0.05) is 24.8 Å². The number of nitrogens with one attached hydrogen (secondary N) is 1. The third kappa shape index (κ3) is 3.66. The standard InChI is InChI=1S/C14H24N6/c1-5-15-6-13-8-19(18-12(13)4)9-14-16-10-17-20(14)7-11(2)3/h8,10-11,15H,5-7,9H2,1-4H3. The maximum absolute atomic E-state index is 4.55. The molecule has 0 aromatic carbocycles. The van der Waals surface area contributed by atoms with E-state index in [2.05, 4.69) is 47.5 Å². The largest absolute Gasteiger partial charge is 0.313 e. The van der Waals surface area contributed by atoms with Crippen LogP contribution < -0.4 is 5.32 Å². The fraction of sp³-hybridized carbons (Fsp3) is 0.643. The summed E-state index contributed by atoms with van der Waals surface area (Å²) in [6.45, 7) is 11.9. The van der Waals surface area contributed by atoms with Gasteiger partial charge < -0.3 is 5.32 Å². The van der Waals surface area contributed by atoms with Crippen LogP contribution in [0.5, 0.6) is 0 Å². The van der Waals surface area contributed by atoms with Crippen molar-refractivity contribution in [3.05, 3.63) is 29.6 Å². The first-order valence-electron chi connectivity index (χ1n) is 7.20. The van der Waals surface area contributed by atoms with Gasteiger partial charge in [0.15, 0.2) is 0 Å². The number of hydrogen-bond donors (Lipinski definition) is 1. The Hall–Kier alpha value is -1.69. The number of rotatable bonds is 7. The van der Waals surface area contributed by atoms with Gasteiger partial charge in [0.2, 0.25) is 0 Å². The Morgan fingerprint density at radius 3 is 2.85 bits per heavy atom. The van der Waals surface area contributed by atoms with E-state index in [-0.39, 0.29) is 0 Å². The summed E-state index contributed by atoms with van der Waals surface area (Å²) >= 11 is 0. The van der Waals surface area contributed by atoms with Gasteiger partial charge in [-0.1, -0.05) is 20.8 Å². The van der Waals surface area contributed by atoms with Crippen LogP contribution in [-0.2, 0) is 19.6 Å². The topological polar surface area (TPSA) is 60.6 Å². The van der Waals surface area contributed by atoms with Gasteiger partial charge in [-0.15, -0.1) is 0 Å². The zero-order chi connectivity index (χ0) is 14.5. The highest BCUT2D eigenvalue weighted by atomic mass is 15.4. The predicted octanol–water partition coefficient (Wildman–Crippen LogP) is 1.60. The Labute approximate surface area is 120 Å². The van der Waals surface area contributed by atoms with Crippen LogP contribution in [0.3, 0.4) is 0 Å². The highest BCUT2D eigenvalue weighted by Gasteiger charge is 2.09. The lowest BCUT2D eigenvalue weighted by Crippen LogP contribution is -2.13. The monoisotopic (exact) mass is 276 g/mol. The molecule has 2 rings (SSSR count). The molecule has 6 nitrogen and oxygen atoms in total. The Morgan fingerprint density at radius 1 is 1.35 bits per heavy atom. The molecule has 0 atom stereocenters. The minimum atomic E-state index is 0.555. The summed E-state index contributed by atoms with van der Waals surface area (Å²) in [6, 6.07) is 0. The molecule has 1 N–H and O–H groups in total. The zero-order valence-electron chi connectivity index (χ0n) is 12.8. The van der Waals surface area contributed by atoms with E-state index in [1.54, 1.807) is 6.33 Å². The van der Waals surface area contributed by atoms with Gasteiger partial charge in [0.1, 0.15) is 18.7 Å². The smallest absolute Gasteiger partial charge is 0.148 e. The second kappa shape index (κ2) is 6.65. The summed E-state index contributed by atoms with van der Waals surface area (Å²) in [5.74, 6) is 1.51. The second-order valence-corrected chi connectivity index (χ2v) is 5.47. The van der Waals surface area contributed by atoms with Crippen molar-refractivity contribution < 1.29 is 0 Å². The van der Waals surface area contributed by atoms with Crippen molar-refractivity contribution in [2.75, 3.05) is 6.54 Å². The molecular weight excluding hydrogens is 252 g/mol. The van der Waals surface area contributed by atoms with E-state index in [1.165, 1.54) is 5.56 Å². The summed E-state index contributed by atoms with van der Waals surface area (Å²) in [5.41, 5.74) is 2.31. The van der Waals surface area contributed by atoms with Gasteiger partial charge in [-0.05, 0) is 19.4 Å². The summed E-state index contributed by atoms with van der Waals surface area (Å²) in [5, 5.41) is 12.2. The van der Waals surface area contributed by atoms with Crippen LogP contribution in [0.15, 0.2) is 12.5 Å². The van der Waals surface area contributed by atoms with Crippen molar-refractivity contribution in [2.24, 2.45) is 5.92 Å². The molecule has 0 unspecified atom stereocenters. The van der Waals surface area contributed by atoms with Crippen molar-refractivity contribution >= 4 is 0 Å². The average Bonchev–Trinajstić information content (AvgIpc) is 2.94. The third-order valence-electron chi connectivity index (χ3n) is 3.15. The van der Waals surface area contributed by atoms with Gasteiger partial charge >= 0.3 is 0 Å². The van der Waals surface area contributed by atoms with Crippen LogP contribution in [0.1, 0.15) is 37.9 Å². The first-order chi connectivity index (χ1) is 9.60. The summed E-state index contributed by atoms with van der Waals surface area (Å²) < 4.78 is 3.91. The van der Waals surface area contributed by atoms with E-state index in [0.29, 0.717) is 12.5 Å². The number of nitrogens with zero attached hydrogens (tertiary/aromatic N) is 5. The summed E-state index contributed by atoms with van der Waals surface area (Å²) in [6.07, 6.45) is 3.71. The van der Waals surface area contributed by atoms with Gasteiger partial charge in [0.25, 0.3) is 0 Å². The molecule has 0 aliphatic carbocycles. The van der Waals surface area contributed by atoms with E-state index in [1.807, 2.05) is 16.3 Å². The Kier molecular flexibility index (Phi) is 4.89.